The summed E-state index contributed by atoms with van der Waals surface area (Å²) in [4.78, 5) is 4.14. The van der Waals surface area contributed by atoms with E-state index in [1.54, 1.807) is 18.6 Å². The molecule has 0 amide bonds. The number of hydrogen-bond donors (Lipinski definition) is 1. The van der Waals surface area contributed by atoms with Crippen molar-refractivity contribution in [3.8, 4) is 0 Å². The third kappa shape index (κ3) is 3.36. The van der Waals surface area contributed by atoms with Crippen LogP contribution in [0.1, 0.15) is 30.8 Å². The summed E-state index contributed by atoms with van der Waals surface area (Å²) in [5.41, 5.74) is 0.0711. The Labute approximate surface area is 120 Å². The molecule has 2 rings (SSSR count). The fourth-order valence-electron chi connectivity index (χ4n) is 2.25. The van der Waals surface area contributed by atoms with Gasteiger partial charge < -0.3 is 14.4 Å². The van der Waals surface area contributed by atoms with Gasteiger partial charge in [0.05, 0.1) is 16.6 Å². The van der Waals surface area contributed by atoms with Crippen molar-refractivity contribution in [3.63, 3.8) is 0 Å². The summed E-state index contributed by atoms with van der Waals surface area (Å²) in [6.45, 7) is 2.59. The van der Waals surface area contributed by atoms with Crippen molar-refractivity contribution in [2.45, 2.75) is 32.2 Å². The highest BCUT2D eigenvalue weighted by Gasteiger charge is 2.31. The first-order valence-corrected chi connectivity index (χ1v) is 6.59. The molecule has 0 spiro atoms. The van der Waals surface area contributed by atoms with Crippen LogP contribution in [0.5, 0.6) is 0 Å². The number of nitrogens with zero attached hydrogens (tertiary/aromatic N) is 2. The highest BCUT2D eigenvalue weighted by molar-refractivity contribution is 5.77. The van der Waals surface area contributed by atoms with Crippen LogP contribution in [-0.2, 0) is 17.5 Å². The molecular weight excluding hydrogens is 285 g/mol. The summed E-state index contributed by atoms with van der Waals surface area (Å²) in [5.74, 6) is 0.362. The average molecular weight is 302 g/mol. The molecular formula is C14H17F3N2O2. The summed E-state index contributed by atoms with van der Waals surface area (Å²) >= 11 is 0. The molecule has 0 saturated carbocycles. The van der Waals surface area contributed by atoms with Crippen LogP contribution in [0.15, 0.2) is 18.2 Å². The Morgan fingerprint density at radius 3 is 2.67 bits per heavy atom. The van der Waals surface area contributed by atoms with E-state index in [1.165, 1.54) is 6.07 Å². The second-order valence-corrected chi connectivity index (χ2v) is 4.85. The molecule has 0 aliphatic carbocycles. The summed E-state index contributed by atoms with van der Waals surface area (Å²) in [7, 11) is 1.58. The van der Waals surface area contributed by atoms with E-state index in [0.717, 1.165) is 12.1 Å². The van der Waals surface area contributed by atoms with Crippen molar-refractivity contribution in [1.29, 1.82) is 0 Å². The molecule has 0 saturated heterocycles. The SMILES string of the molecule is COCCCn1c(C(C)O)nc2cc(C(F)(F)F)ccc21. The first-order valence-electron chi connectivity index (χ1n) is 6.59. The van der Waals surface area contributed by atoms with Gasteiger partial charge in [-0.3, -0.25) is 0 Å². The number of alkyl halides is 3. The summed E-state index contributed by atoms with van der Waals surface area (Å²) < 4.78 is 44.9. The van der Waals surface area contributed by atoms with Gasteiger partial charge in [-0.1, -0.05) is 0 Å². The third-order valence-corrected chi connectivity index (χ3v) is 3.21. The van der Waals surface area contributed by atoms with Crippen LogP contribution in [0.4, 0.5) is 13.2 Å². The highest BCUT2D eigenvalue weighted by Crippen LogP contribution is 2.32. The van der Waals surface area contributed by atoms with E-state index in [-0.39, 0.29) is 5.52 Å². The van der Waals surface area contributed by atoms with E-state index in [0.29, 0.717) is 30.9 Å². The zero-order chi connectivity index (χ0) is 15.6. The van der Waals surface area contributed by atoms with Crippen molar-refractivity contribution in [2.75, 3.05) is 13.7 Å². The van der Waals surface area contributed by atoms with Gasteiger partial charge in [0.1, 0.15) is 11.9 Å². The molecule has 4 nitrogen and oxygen atoms in total. The minimum atomic E-state index is -4.40. The lowest BCUT2D eigenvalue weighted by atomic mass is 10.2. The fraction of sp³-hybridized carbons (Fsp3) is 0.500. The quantitative estimate of drug-likeness (QED) is 0.863. The molecule has 0 fully saturated rings. The van der Waals surface area contributed by atoms with Crippen molar-refractivity contribution in [1.82, 2.24) is 9.55 Å². The number of methoxy groups -OCH3 is 1. The lowest BCUT2D eigenvalue weighted by molar-refractivity contribution is -0.137. The maximum Gasteiger partial charge on any atom is 0.416 e. The van der Waals surface area contributed by atoms with Gasteiger partial charge in [-0.2, -0.15) is 13.2 Å². The largest absolute Gasteiger partial charge is 0.416 e. The molecule has 0 aliphatic heterocycles. The number of aliphatic hydroxyl groups excluding tert-OH is 1. The van der Waals surface area contributed by atoms with Crippen LogP contribution in [-0.4, -0.2) is 28.4 Å². The molecule has 116 valence electrons. The zero-order valence-corrected chi connectivity index (χ0v) is 11.8. The van der Waals surface area contributed by atoms with E-state index in [1.807, 2.05) is 0 Å². The second-order valence-electron chi connectivity index (χ2n) is 4.85. The van der Waals surface area contributed by atoms with Crippen LogP contribution < -0.4 is 0 Å². The number of imidazole rings is 1. The lowest BCUT2D eigenvalue weighted by Gasteiger charge is -2.11. The van der Waals surface area contributed by atoms with Crippen LogP contribution in [0.3, 0.4) is 0 Å². The number of benzene rings is 1. The average Bonchev–Trinajstić information content (AvgIpc) is 2.76. The van der Waals surface area contributed by atoms with E-state index >= 15 is 0 Å². The summed E-state index contributed by atoms with van der Waals surface area (Å²) in [6.07, 6.45) is -4.57. The molecule has 7 heteroatoms. The molecule has 1 heterocycles. The Hall–Kier alpha value is -1.60. The number of halogens is 3. The van der Waals surface area contributed by atoms with Crippen LogP contribution in [0.25, 0.3) is 11.0 Å². The van der Waals surface area contributed by atoms with E-state index < -0.39 is 17.8 Å². The maximum atomic E-state index is 12.7. The van der Waals surface area contributed by atoms with Crippen molar-refractivity contribution in [2.24, 2.45) is 0 Å². The molecule has 0 aliphatic rings. The van der Waals surface area contributed by atoms with Gasteiger partial charge in [0.2, 0.25) is 0 Å². The van der Waals surface area contributed by atoms with Gasteiger partial charge >= 0.3 is 6.18 Å². The number of hydrogen-bond acceptors (Lipinski definition) is 3. The van der Waals surface area contributed by atoms with E-state index in [4.69, 9.17) is 4.74 Å². The van der Waals surface area contributed by atoms with Crippen LogP contribution >= 0.6 is 0 Å². The topological polar surface area (TPSA) is 47.3 Å². The summed E-state index contributed by atoms with van der Waals surface area (Å²) in [5, 5.41) is 9.75. The van der Waals surface area contributed by atoms with Gasteiger partial charge in [-0.25, -0.2) is 4.98 Å². The number of ether oxygens (including phenoxy) is 1. The minimum Gasteiger partial charge on any atom is -0.385 e. The Balaban J connectivity index is 2.47. The lowest BCUT2D eigenvalue weighted by Crippen LogP contribution is -2.08. The molecule has 1 aromatic heterocycles. The number of fused-ring (bicyclic) bond motifs is 1. The second kappa shape index (κ2) is 6.03. The molecule has 1 unspecified atom stereocenters. The standard InChI is InChI=1S/C14H17F3N2O2/c1-9(20)13-18-11-8-10(14(15,16)17)4-5-12(11)19(13)6-3-7-21-2/h4-5,8-9,20H,3,6-7H2,1-2H3. The van der Waals surface area contributed by atoms with Crippen molar-refractivity contribution < 1.29 is 23.0 Å². The Morgan fingerprint density at radius 1 is 1.38 bits per heavy atom. The van der Waals surface area contributed by atoms with Crippen molar-refractivity contribution in [3.05, 3.63) is 29.6 Å². The molecule has 21 heavy (non-hydrogen) atoms. The molecule has 1 aromatic carbocycles. The minimum absolute atomic E-state index is 0.234. The normalized spacial score (nSPS) is 13.8. The first kappa shape index (κ1) is 15.8. The van der Waals surface area contributed by atoms with Crippen molar-refractivity contribution >= 4 is 11.0 Å². The monoisotopic (exact) mass is 302 g/mol. The molecule has 1 N–H and O–H groups in total. The molecule has 0 radical (unpaired) electrons. The Bertz CT molecular complexity index is 620. The first-order chi connectivity index (χ1) is 9.84. The number of aromatic nitrogens is 2. The van der Waals surface area contributed by atoms with Gasteiger partial charge in [0, 0.05) is 20.3 Å². The molecule has 0 bridgehead atoms. The van der Waals surface area contributed by atoms with Gasteiger partial charge in [0.25, 0.3) is 0 Å². The predicted octanol–water partition coefficient (Wildman–Crippen LogP) is 3.14. The number of rotatable bonds is 5. The number of aryl methyl sites for hydroxylation is 1. The Kier molecular flexibility index (Phi) is 4.53. The van der Waals surface area contributed by atoms with Gasteiger partial charge in [0.15, 0.2) is 0 Å². The third-order valence-electron chi connectivity index (χ3n) is 3.21. The molecule has 2 aromatic rings. The Morgan fingerprint density at radius 2 is 2.10 bits per heavy atom. The van der Waals surface area contributed by atoms with Crippen LogP contribution in [0, 0.1) is 0 Å². The van der Waals surface area contributed by atoms with Gasteiger partial charge in [-0.05, 0) is 31.5 Å². The van der Waals surface area contributed by atoms with E-state index in [2.05, 4.69) is 4.98 Å². The number of aliphatic hydroxyl groups is 1. The molecule has 1 atom stereocenters. The highest BCUT2D eigenvalue weighted by atomic mass is 19.4. The summed E-state index contributed by atoms with van der Waals surface area (Å²) in [6, 6.07) is 3.43. The fourth-order valence-corrected chi connectivity index (χ4v) is 2.25. The van der Waals surface area contributed by atoms with Crippen LogP contribution in [0.2, 0.25) is 0 Å². The smallest absolute Gasteiger partial charge is 0.385 e. The maximum absolute atomic E-state index is 12.7. The predicted molar refractivity (Wildman–Crippen MR) is 71.9 cm³/mol. The van der Waals surface area contributed by atoms with E-state index in [9.17, 15) is 18.3 Å². The zero-order valence-electron chi connectivity index (χ0n) is 11.8. The van der Waals surface area contributed by atoms with Gasteiger partial charge in [-0.15, -0.1) is 0 Å².